The van der Waals surface area contributed by atoms with Gasteiger partial charge in [-0.25, -0.2) is 0 Å². The molecule has 0 aliphatic heterocycles. The number of aryl methyl sites for hydroxylation is 2. The van der Waals surface area contributed by atoms with Crippen LogP contribution in [0.25, 0.3) is 0 Å². The van der Waals surface area contributed by atoms with Crippen LogP contribution in [0.15, 0.2) is 30.3 Å². The molecule has 1 amide bonds. The van der Waals surface area contributed by atoms with Crippen LogP contribution < -0.4 is 5.32 Å². The Balaban J connectivity index is 1.88. The summed E-state index contributed by atoms with van der Waals surface area (Å²) >= 11 is 1.47. The van der Waals surface area contributed by atoms with E-state index in [9.17, 15) is 4.79 Å². The second-order valence-corrected chi connectivity index (χ2v) is 6.21. The highest BCUT2D eigenvalue weighted by Gasteiger charge is 2.14. The molecule has 1 N–H and O–H groups in total. The van der Waals surface area contributed by atoms with E-state index >= 15 is 0 Å². The fraction of sp³-hybridized carbons (Fsp3) is 0.294. The summed E-state index contributed by atoms with van der Waals surface area (Å²) in [6.07, 6.45) is 2.17. The van der Waals surface area contributed by atoms with Crippen molar-refractivity contribution in [3.8, 4) is 6.07 Å². The Kier molecular flexibility index (Phi) is 5.13. The number of carbonyl (C=O) groups excluding carboxylic acids is 1. The molecule has 2 aromatic rings. The molecule has 0 aliphatic rings. The maximum Gasteiger partial charge on any atom is 0.225 e. The molecule has 0 bridgehead atoms. The number of nitrogens with zero attached hydrogens (tertiary/aromatic N) is 1. The Bertz CT molecular complexity index is 668. The van der Waals surface area contributed by atoms with Crippen molar-refractivity contribution in [1.29, 1.82) is 5.26 Å². The molecular weight excluding hydrogens is 280 g/mol. The summed E-state index contributed by atoms with van der Waals surface area (Å²) in [7, 11) is 0. The number of amides is 1. The fourth-order valence-electron chi connectivity index (χ4n) is 2.14. The smallest absolute Gasteiger partial charge is 0.225 e. The standard InChI is InChI=1S/C17H18N2OS/c1-12-13(2)21-17(15(12)11-18)19-16(20)10-6-9-14-7-4-3-5-8-14/h3-5,7-8H,6,9-10H2,1-2H3,(H,19,20). The summed E-state index contributed by atoms with van der Waals surface area (Å²) in [6, 6.07) is 12.3. The summed E-state index contributed by atoms with van der Waals surface area (Å²) in [6.45, 7) is 3.88. The van der Waals surface area contributed by atoms with Crippen LogP contribution in [-0.4, -0.2) is 5.91 Å². The van der Waals surface area contributed by atoms with E-state index < -0.39 is 0 Å². The van der Waals surface area contributed by atoms with E-state index in [1.165, 1.54) is 16.9 Å². The summed E-state index contributed by atoms with van der Waals surface area (Å²) in [5.74, 6) is -0.0244. The lowest BCUT2D eigenvalue weighted by Gasteiger charge is -2.04. The Morgan fingerprint density at radius 1 is 1.29 bits per heavy atom. The number of thiophene rings is 1. The third kappa shape index (κ3) is 3.93. The van der Waals surface area contributed by atoms with Crippen LogP contribution >= 0.6 is 11.3 Å². The number of nitrogens with one attached hydrogen (secondary N) is 1. The highest BCUT2D eigenvalue weighted by Crippen LogP contribution is 2.31. The van der Waals surface area contributed by atoms with Gasteiger partial charge in [0.15, 0.2) is 0 Å². The molecule has 0 spiro atoms. The van der Waals surface area contributed by atoms with E-state index in [0.717, 1.165) is 23.3 Å². The lowest BCUT2D eigenvalue weighted by atomic mass is 10.1. The van der Waals surface area contributed by atoms with Crippen molar-refractivity contribution in [2.24, 2.45) is 0 Å². The summed E-state index contributed by atoms with van der Waals surface area (Å²) < 4.78 is 0. The van der Waals surface area contributed by atoms with Crippen molar-refractivity contribution >= 4 is 22.2 Å². The van der Waals surface area contributed by atoms with E-state index in [1.54, 1.807) is 0 Å². The van der Waals surface area contributed by atoms with Gasteiger partial charge in [-0.15, -0.1) is 11.3 Å². The van der Waals surface area contributed by atoms with E-state index in [2.05, 4.69) is 23.5 Å². The SMILES string of the molecule is Cc1sc(NC(=O)CCCc2ccccc2)c(C#N)c1C. The van der Waals surface area contributed by atoms with Crippen LogP contribution in [0.5, 0.6) is 0 Å². The Labute approximate surface area is 129 Å². The van der Waals surface area contributed by atoms with Crippen LogP contribution in [-0.2, 0) is 11.2 Å². The predicted molar refractivity (Wildman–Crippen MR) is 86.5 cm³/mol. The molecule has 0 fully saturated rings. The molecule has 4 heteroatoms. The highest BCUT2D eigenvalue weighted by molar-refractivity contribution is 7.16. The topological polar surface area (TPSA) is 52.9 Å². The number of hydrogen-bond donors (Lipinski definition) is 1. The molecule has 1 aromatic carbocycles. The van der Waals surface area contributed by atoms with Gasteiger partial charge >= 0.3 is 0 Å². The van der Waals surface area contributed by atoms with Crippen molar-refractivity contribution in [3.05, 3.63) is 51.9 Å². The van der Waals surface area contributed by atoms with E-state index in [-0.39, 0.29) is 5.91 Å². The molecule has 1 heterocycles. The number of anilines is 1. The highest BCUT2D eigenvalue weighted by atomic mass is 32.1. The van der Waals surface area contributed by atoms with Crippen LogP contribution in [0.2, 0.25) is 0 Å². The van der Waals surface area contributed by atoms with Gasteiger partial charge in [-0.2, -0.15) is 5.26 Å². The van der Waals surface area contributed by atoms with Crippen molar-refractivity contribution in [3.63, 3.8) is 0 Å². The second kappa shape index (κ2) is 7.05. The molecule has 108 valence electrons. The van der Waals surface area contributed by atoms with Crippen LogP contribution in [0.1, 0.15) is 34.4 Å². The van der Waals surface area contributed by atoms with Gasteiger partial charge in [0.2, 0.25) is 5.91 Å². The molecule has 21 heavy (non-hydrogen) atoms. The lowest BCUT2D eigenvalue weighted by Crippen LogP contribution is -2.11. The summed E-state index contributed by atoms with van der Waals surface area (Å²) in [4.78, 5) is 13.1. The molecule has 0 atom stereocenters. The monoisotopic (exact) mass is 298 g/mol. The first-order valence-electron chi connectivity index (χ1n) is 6.95. The fourth-order valence-corrected chi connectivity index (χ4v) is 3.16. The number of carbonyl (C=O) groups is 1. The van der Waals surface area contributed by atoms with Crippen LogP contribution in [0.4, 0.5) is 5.00 Å². The third-order valence-electron chi connectivity index (χ3n) is 3.46. The molecule has 2 rings (SSSR count). The average molecular weight is 298 g/mol. The molecule has 0 saturated heterocycles. The summed E-state index contributed by atoms with van der Waals surface area (Å²) in [5, 5.41) is 12.7. The first-order chi connectivity index (χ1) is 10.1. The van der Waals surface area contributed by atoms with Gasteiger partial charge in [0, 0.05) is 11.3 Å². The molecule has 0 saturated carbocycles. The maximum atomic E-state index is 12.0. The zero-order chi connectivity index (χ0) is 15.2. The molecule has 0 unspecified atom stereocenters. The molecule has 3 nitrogen and oxygen atoms in total. The Morgan fingerprint density at radius 3 is 2.67 bits per heavy atom. The zero-order valence-corrected chi connectivity index (χ0v) is 13.1. The Hall–Kier alpha value is -2.12. The van der Waals surface area contributed by atoms with Crippen molar-refractivity contribution in [2.45, 2.75) is 33.1 Å². The molecule has 0 radical (unpaired) electrons. The summed E-state index contributed by atoms with van der Waals surface area (Å²) in [5.41, 5.74) is 2.79. The molecule has 0 aliphatic carbocycles. The van der Waals surface area contributed by atoms with Crippen LogP contribution in [0, 0.1) is 25.2 Å². The normalized spacial score (nSPS) is 10.1. The molecule has 1 aromatic heterocycles. The van der Waals surface area contributed by atoms with Gasteiger partial charge in [0.05, 0.1) is 5.56 Å². The Morgan fingerprint density at radius 2 is 2.00 bits per heavy atom. The van der Waals surface area contributed by atoms with Gasteiger partial charge < -0.3 is 5.32 Å². The van der Waals surface area contributed by atoms with Crippen molar-refractivity contribution in [1.82, 2.24) is 0 Å². The second-order valence-electron chi connectivity index (χ2n) is 4.99. The maximum absolute atomic E-state index is 12.0. The van der Waals surface area contributed by atoms with Gasteiger partial charge in [-0.1, -0.05) is 30.3 Å². The van der Waals surface area contributed by atoms with Gasteiger partial charge in [0.25, 0.3) is 0 Å². The van der Waals surface area contributed by atoms with Gasteiger partial charge in [-0.3, -0.25) is 4.79 Å². The minimum Gasteiger partial charge on any atom is -0.317 e. The first kappa shape index (κ1) is 15.3. The lowest BCUT2D eigenvalue weighted by molar-refractivity contribution is -0.116. The predicted octanol–water partition coefficient (Wildman–Crippen LogP) is 4.20. The number of hydrogen-bond acceptors (Lipinski definition) is 3. The van der Waals surface area contributed by atoms with E-state index in [1.807, 2.05) is 32.0 Å². The number of rotatable bonds is 5. The quantitative estimate of drug-likeness (QED) is 0.899. The number of nitriles is 1. The minimum absolute atomic E-state index is 0.0244. The van der Waals surface area contributed by atoms with Crippen LogP contribution in [0.3, 0.4) is 0 Å². The largest absolute Gasteiger partial charge is 0.317 e. The molecular formula is C17H18N2OS. The zero-order valence-electron chi connectivity index (χ0n) is 12.3. The van der Waals surface area contributed by atoms with Gasteiger partial charge in [-0.05, 0) is 37.8 Å². The van der Waals surface area contributed by atoms with E-state index in [4.69, 9.17) is 5.26 Å². The van der Waals surface area contributed by atoms with E-state index in [0.29, 0.717) is 17.0 Å². The van der Waals surface area contributed by atoms with Gasteiger partial charge in [0.1, 0.15) is 11.1 Å². The third-order valence-corrected chi connectivity index (χ3v) is 4.58. The first-order valence-corrected chi connectivity index (χ1v) is 7.77. The van der Waals surface area contributed by atoms with Crippen molar-refractivity contribution < 1.29 is 4.79 Å². The minimum atomic E-state index is -0.0244. The van der Waals surface area contributed by atoms with Crippen molar-refractivity contribution in [2.75, 3.05) is 5.32 Å². The average Bonchev–Trinajstić information content (AvgIpc) is 2.74. The number of benzene rings is 1.